The molecule has 0 spiro atoms. The van der Waals surface area contributed by atoms with Crippen LogP contribution in [0.1, 0.15) is 21.5 Å². The van der Waals surface area contributed by atoms with Gasteiger partial charge in [-0.05, 0) is 35.4 Å². The first-order chi connectivity index (χ1) is 15.9. The van der Waals surface area contributed by atoms with Gasteiger partial charge in [0.2, 0.25) is 0 Å². The molecule has 4 aromatic rings. The van der Waals surface area contributed by atoms with Crippen LogP contribution in [0, 0.1) is 5.82 Å². The third-order valence-corrected chi connectivity index (χ3v) is 5.19. The van der Waals surface area contributed by atoms with Crippen LogP contribution in [0.2, 0.25) is 0 Å². The summed E-state index contributed by atoms with van der Waals surface area (Å²) in [6.07, 6.45) is 0. The quantitative estimate of drug-likeness (QED) is 0.477. The van der Waals surface area contributed by atoms with Crippen molar-refractivity contribution in [3.8, 4) is 0 Å². The van der Waals surface area contributed by atoms with Crippen molar-refractivity contribution in [2.24, 2.45) is 0 Å². The predicted molar refractivity (Wildman–Crippen MR) is 125 cm³/mol. The zero-order chi connectivity index (χ0) is 23.4. The maximum Gasteiger partial charge on any atom is 0.330 e. The van der Waals surface area contributed by atoms with Gasteiger partial charge in [0.05, 0.1) is 13.1 Å². The largest absolute Gasteiger partial charge is 0.383 e. The molecule has 8 heteroatoms. The van der Waals surface area contributed by atoms with Gasteiger partial charge in [0.25, 0.3) is 11.5 Å². The number of carbonyl (C=O) groups excluding carboxylic acids is 1. The zero-order valence-corrected chi connectivity index (χ0v) is 17.6. The van der Waals surface area contributed by atoms with Crippen molar-refractivity contribution >= 4 is 17.4 Å². The third-order valence-electron chi connectivity index (χ3n) is 5.19. The molecule has 0 saturated carbocycles. The van der Waals surface area contributed by atoms with Crippen LogP contribution in [0.3, 0.4) is 0 Å². The molecular formula is C25H21FN4O3. The lowest BCUT2D eigenvalue weighted by Crippen LogP contribution is -2.41. The molecule has 33 heavy (non-hydrogen) atoms. The molecule has 3 aromatic carbocycles. The Kier molecular flexibility index (Phi) is 6.17. The molecule has 0 radical (unpaired) electrons. The van der Waals surface area contributed by atoms with Gasteiger partial charge in [-0.3, -0.25) is 24.0 Å². The van der Waals surface area contributed by atoms with Gasteiger partial charge in [0, 0.05) is 5.56 Å². The van der Waals surface area contributed by atoms with E-state index >= 15 is 0 Å². The van der Waals surface area contributed by atoms with Crippen LogP contribution in [-0.4, -0.2) is 15.5 Å². The number of aromatic nitrogens is 2. The SMILES string of the molecule is Nc1c(N(Cc2ccccc2)C(=O)c2ccc(F)cc2)c(=O)[nH]c(=O)n1Cc1ccccc1. The molecule has 0 aliphatic rings. The molecular weight excluding hydrogens is 423 g/mol. The minimum absolute atomic E-state index is 0.0217. The lowest BCUT2D eigenvalue weighted by Gasteiger charge is -2.25. The number of carbonyl (C=O) groups is 1. The fourth-order valence-electron chi connectivity index (χ4n) is 3.53. The van der Waals surface area contributed by atoms with Crippen LogP contribution < -0.4 is 21.9 Å². The smallest absolute Gasteiger partial charge is 0.330 e. The van der Waals surface area contributed by atoms with Gasteiger partial charge in [-0.25, -0.2) is 9.18 Å². The number of anilines is 2. The molecule has 0 fully saturated rings. The first kappa shape index (κ1) is 21.8. The summed E-state index contributed by atoms with van der Waals surface area (Å²) in [6, 6.07) is 23.2. The molecule has 1 amide bonds. The van der Waals surface area contributed by atoms with Crippen LogP contribution in [0.4, 0.5) is 15.9 Å². The molecule has 0 aliphatic carbocycles. The van der Waals surface area contributed by atoms with Crippen molar-refractivity contribution in [2.75, 3.05) is 10.6 Å². The van der Waals surface area contributed by atoms with Gasteiger partial charge in [0.15, 0.2) is 5.69 Å². The molecule has 3 N–H and O–H groups in total. The van der Waals surface area contributed by atoms with Gasteiger partial charge < -0.3 is 5.73 Å². The molecule has 4 rings (SSSR count). The highest BCUT2D eigenvalue weighted by atomic mass is 19.1. The highest BCUT2D eigenvalue weighted by Crippen LogP contribution is 2.23. The maximum atomic E-state index is 13.4. The van der Waals surface area contributed by atoms with Crippen molar-refractivity contribution < 1.29 is 9.18 Å². The van der Waals surface area contributed by atoms with Gasteiger partial charge in [-0.2, -0.15) is 0 Å². The van der Waals surface area contributed by atoms with E-state index in [1.165, 1.54) is 21.6 Å². The van der Waals surface area contributed by atoms with Crippen molar-refractivity contribution in [2.45, 2.75) is 13.1 Å². The van der Waals surface area contributed by atoms with E-state index < -0.39 is 23.0 Å². The number of H-pyrrole nitrogens is 1. The third kappa shape index (κ3) is 4.74. The summed E-state index contributed by atoms with van der Waals surface area (Å²) < 4.78 is 14.6. The fraction of sp³-hybridized carbons (Fsp3) is 0.0800. The molecule has 1 aromatic heterocycles. The standard InChI is InChI=1S/C25H21FN4O3/c26-20-13-11-19(12-14-20)24(32)29(15-17-7-3-1-4-8-17)21-22(27)30(25(33)28-23(21)31)16-18-9-5-2-6-10-18/h1-14H,15-16,27H2,(H,28,31,33). The lowest BCUT2D eigenvalue weighted by molar-refractivity contribution is 0.0984. The number of nitrogens with zero attached hydrogens (tertiary/aromatic N) is 2. The number of nitrogens with one attached hydrogen (secondary N) is 1. The summed E-state index contributed by atoms with van der Waals surface area (Å²) in [5.41, 5.74) is 6.41. The van der Waals surface area contributed by atoms with E-state index in [1.807, 2.05) is 36.4 Å². The molecule has 0 saturated heterocycles. The summed E-state index contributed by atoms with van der Waals surface area (Å²) in [6.45, 7) is 0.132. The number of hydrogen-bond acceptors (Lipinski definition) is 4. The van der Waals surface area contributed by atoms with Crippen LogP contribution in [-0.2, 0) is 13.1 Å². The maximum absolute atomic E-state index is 13.4. The van der Waals surface area contributed by atoms with Gasteiger partial charge in [-0.1, -0.05) is 60.7 Å². The van der Waals surface area contributed by atoms with E-state index in [2.05, 4.69) is 4.98 Å². The number of nitrogens with two attached hydrogens (primary N) is 1. The van der Waals surface area contributed by atoms with Crippen molar-refractivity contribution in [3.05, 3.63) is 128 Å². The summed E-state index contributed by atoms with van der Waals surface area (Å²) in [7, 11) is 0. The number of amides is 1. The summed E-state index contributed by atoms with van der Waals surface area (Å²) in [5, 5.41) is 0. The van der Waals surface area contributed by atoms with E-state index in [-0.39, 0.29) is 30.2 Å². The van der Waals surface area contributed by atoms with Gasteiger partial charge >= 0.3 is 5.69 Å². The number of aromatic amines is 1. The monoisotopic (exact) mass is 444 g/mol. The van der Waals surface area contributed by atoms with E-state index in [0.717, 1.165) is 23.3 Å². The average Bonchev–Trinajstić information content (AvgIpc) is 2.82. The Morgan fingerprint density at radius 1 is 0.879 bits per heavy atom. The summed E-state index contributed by atoms with van der Waals surface area (Å²) in [4.78, 5) is 42.3. The normalized spacial score (nSPS) is 10.7. The summed E-state index contributed by atoms with van der Waals surface area (Å²) in [5.74, 6) is -1.19. The van der Waals surface area contributed by atoms with E-state index in [9.17, 15) is 18.8 Å². The summed E-state index contributed by atoms with van der Waals surface area (Å²) >= 11 is 0. The number of nitrogen functional groups attached to an aromatic ring is 1. The number of rotatable bonds is 6. The van der Waals surface area contributed by atoms with E-state index in [4.69, 9.17) is 5.73 Å². The number of hydrogen-bond donors (Lipinski definition) is 2. The van der Waals surface area contributed by atoms with Crippen LogP contribution in [0.5, 0.6) is 0 Å². The first-order valence-corrected chi connectivity index (χ1v) is 10.2. The Labute approximate surface area is 188 Å². The Bertz CT molecular complexity index is 1380. The Hall–Kier alpha value is -4.46. The molecule has 166 valence electrons. The van der Waals surface area contributed by atoms with Crippen LogP contribution in [0.15, 0.2) is 94.5 Å². The second kappa shape index (κ2) is 9.35. The van der Waals surface area contributed by atoms with Crippen LogP contribution >= 0.6 is 0 Å². The second-order valence-corrected chi connectivity index (χ2v) is 7.45. The highest BCUT2D eigenvalue weighted by Gasteiger charge is 2.25. The molecule has 0 bridgehead atoms. The molecule has 0 aliphatic heterocycles. The minimum atomic E-state index is -0.784. The Morgan fingerprint density at radius 2 is 1.45 bits per heavy atom. The molecule has 1 heterocycles. The van der Waals surface area contributed by atoms with E-state index in [1.54, 1.807) is 24.3 Å². The molecule has 0 unspecified atom stereocenters. The Balaban J connectivity index is 1.84. The molecule has 7 nitrogen and oxygen atoms in total. The van der Waals surface area contributed by atoms with E-state index in [0.29, 0.717) is 0 Å². The Morgan fingerprint density at radius 3 is 2.06 bits per heavy atom. The predicted octanol–water partition coefficient (Wildman–Crippen LogP) is 3.15. The van der Waals surface area contributed by atoms with Crippen molar-refractivity contribution in [1.82, 2.24) is 9.55 Å². The second-order valence-electron chi connectivity index (χ2n) is 7.45. The van der Waals surface area contributed by atoms with Gasteiger partial charge in [0.1, 0.15) is 11.6 Å². The molecule has 0 atom stereocenters. The number of halogens is 1. The van der Waals surface area contributed by atoms with Gasteiger partial charge in [-0.15, -0.1) is 0 Å². The average molecular weight is 444 g/mol. The van der Waals surface area contributed by atoms with Crippen molar-refractivity contribution in [1.29, 1.82) is 0 Å². The minimum Gasteiger partial charge on any atom is -0.383 e. The highest BCUT2D eigenvalue weighted by molar-refractivity contribution is 6.07. The first-order valence-electron chi connectivity index (χ1n) is 10.2. The lowest BCUT2D eigenvalue weighted by atomic mass is 10.1. The zero-order valence-electron chi connectivity index (χ0n) is 17.6. The van der Waals surface area contributed by atoms with Crippen molar-refractivity contribution in [3.63, 3.8) is 0 Å². The fourth-order valence-corrected chi connectivity index (χ4v) is 3.53. The topological polar surface area (TPSA) is 101 Å². The van der Waals surface area contributed by atoms with Crippen LogP contribution in [0.25, 0.3) is 0 Å². The number of benzene rings is 3.